The van der Waals surface area contributed by atoms with Gasteiger partial charge in [-0.2, -0.15) is 0 Å². The summed E-state index contributed by atoms with van der Waals surface area (Å²) in [5.74, 6) is 1.49. The fraction of sp³-hybridized carbons (Fsp3) is 0.476. The number of carbonyl (C=O) groups excluding carboxylic acids is 1. The van der Waals surface area contributed by atoms with E-state index in [1.165, 1.54) is 11.8 Å². The maximum Gasteiger partial charge on any atom is 0.233 e. The number of thioether (sulfide) groups is 1. The van der Waals surface area contributed by atoms with Crippen molar-refractivity contribution in [1.29, 1.82) is 0 Å². The van der Waals surface area contributed by atoms with Crippen LogP contribution in [0.3, 0.4) is 0 Å². The van der Waals surface area contributed by atoms with E-state index in [0.29, 0.717) is 11.8 Å². The molecule has 2 heterocycles. The summed E-state index contributed by atoms with van der Waals surface area (Å²) in [6.07, 6.45) is 6.45. The van der Waals surface area contributed by atoms with Crippen LogP contribution in [0.15, 0.2) is 35.6 Å². The predicted molar refractivity (Wildman–Crippen MR) is 113 cm³/mol. The first-order chi connectivity index (χ1) is 13.7. The quantitative estimate of drug-likeness (QED) is 0.540. The molecular weight excluding hydrogens is 370 g/mol. The molecule has 1 aliphatic carbocycles. The molecule has 6 nitrogen and oxygen atoms in total. The topological polar surface area (TPSA) is 66.8 Å². The van der Waals surface area contributed by atoms with Gasteiger partial charge in [0.05, 0.1) is 5.75 Å². The largest absolute Gasteiger partial charge is 0.360 e. The molecule has 0 radical (unpaired) electrons. The Kier molecular flexibility index (Phi) is 5.71. The average Bonchev–Trinajstić information content (AvgIpc) is 3.33. The van der Waals surface area contributed by atoms with Gasteiger partial charge in [-0.1, -0.05) is 43.3 Å². The third-order valence-corrected chi connectivity index (χ3v) is 6.18. The summed E-state index contributed by atoms with van der Waals surface area (Å²) in [5.41, 5.74) is 2.17. The zero-order chi connectivity index (χ0) is 19.5. The van der Waals surface area contributed by atoms with E-state index in [0.717, 1.165) is 66.2 Å². The molecule has 3 aromatic rings. The van der Waals surface area contributed by atoms with Gasteiger partial charge in [-0.05, 0) is 32.3 Å². The minimum Gasteiger partial charge on any atom is -0.360 e. The second-order valence-corrected chi connectivity index (χ2v) is 8.21. The smallest absolute Gasteiger partial charge is 0.233 e. The van der Waals surface area contributed by atoms with Gasteiger partial charge in [-0.15, -0.1) is 10.2 Å². The number of aromatic amines is 1. The molecule has 1 fully saturated rings. The van der Waals surface area contributed by atoms with Gasteiger partial charge >= 0.3 is 0 Å². The maximum atomic E-state index is 12.6. The lowest BCUT2D eigenvalue weighted by atomic mass is 10.1. The minimum atomic E-state index is 0.181. The van der Waals surface area contributed by atoms with Crippen LogP contribution in [-0.2, 0) is 4.79 Å². The van der Waals surface area contributed by atoms with E-state index in [1.54, 1.807) is 0 Å². The summed E-state index contributed by atoms with van der Waals surface area (Å²) in [6, 6.07) is 8.69. The van der Waals surface area contributed by atoms with Crippen LogP contribution in [0, 0.1) is 0 Å². The summed E-state index contributed by atoms with van der Waals surface area (Å²) in [4.78, 5) is 17.9. The molecule has 1 N–H and O–H groups in total. The minimum absolute atomic E-state index is 0.181. The van der Waals surface area contributed by atoms with Gasteiger partial charge in [0, 0.05) is 41.8 Å². The van der Waals surface area contributed by atoms with Crippen molar-refractivity contribution in [3.05, 3.63) is 30.5 Å². The summed E-state index contributed by atoms with van der Waals surface area (Å²) in [6.45, 7) is 5.79. The average molecular weight is 398 g/mol. The number of H-pyrrole nitrogens is 1. The summed E-state index contributed by atoms with van der Waals surface area (Å²) < 4.78 is 2.23. The summed E-state index contributed by atoms with van der Waals surface area (Å²) in [5, 5.41) is 11.0. The summed E-state index contributed by atoms with van der Waals surface area (Å²) in [7, 11) is 0. The molecule has 0 spiro atoms. The van der Waals surface area contributed by atoms with E-state index in [1.807, 2.05) is 30.2 Å². The lowest BCUT2D eigenvalue weighted by Gasteiger charge is -2.20. The van der Waals surface area contributed by atoms with E-state index >= 15 is 0 Å². The molecular formula is C21H27N5OS. The van der Waals surface area contributed by atoms with Gasteiger partial charge in [-0.3, -0.25) is 9.36 Å². The van der Waals surface area contributed by atoms with Crippen molar-refractivity contribution in [3.63, 3.8) is 0 Å². The summed E-state index contributed by atoms with van der Waals surface area (Å²) >= 11 is 1.51. The standard InChI is InChI=1S/C21H27N5OS/c1-3-5-12-25(4-2)19(27)14-28-21-24-23-20(26(21)15-10-11-15)17-13-22-18-9-7-6-8-16(17)18/h6-9,13,15,22H,3-5,10-12,14H2,1-2H3. The molecule has 4 rings (SSSR count). The number of amides is 1. The maximum absolute atomic E-state index is 12.6. The van der Waals surface area contributed by atoms with Crippen LogP contribution >= 0.6 is 11.8 Å². The number of aromatic nitrogens is 4. The number of benzene rings is 1. The SMILES string of the molecule is CCCCN(CC)C(=O)CSc1nnc(-c2c[nH]c3ccccc23)n1C1CC1. The fourth-order valence-electron chi connectivity index (χ4n) is 3.50. The number of nitrogens with zero attached hydrogens (tertiary/aromatic N) is 4. The number of hydrogen-bond donors (Lipinski definition) is 1. The highest BCUT2D eigenvalue weighted by atomic mass is 32.2. The van der Waals surface area contributed by atoms with Crippen molar-refractivity contribution in [1.82, 2.24) is 24.6 Å². The van der Waals surface area contributed by atoms with Gasteiger partial charge in [0.1, 0.15) is 0 Å². The second-order valence-electron chi connectivity index (χ2n) is 7.27. The molecule has 1 aliphatic rings. The van der Waals surface area contributed by atoms with Gasteiger partial charge in [0.2, 0.25) is 5.91 Å². The Balaban J connectivity index is 1.55. The first kappa shape index (κ1) is 19.1. The normalized spacial score (nSPS) is 13.9. The van der Waals surface area contributed by atoms with Crippen molar-refractivity contribution >= 4 is 28.6 Å². The van der Waals surface area contributed by atoms with E-state index in [4.69, 9.17) is 0 Å². The third kappa shape index (κ3) is 3.81. The number of fused-ring (bicyclic) bond motifs is 1. The van der Waals surface area contributed by atoms with Crippen molar-refractivity contribution in [2.45, 2.75) is 50.7 Å². The predicted octanol–water partition coefficient (Wildman–Crippen LogP) is 4.50. The number of hydrogen-bond acceptors (Lipinski definition) is 4. The highest BCUT2D eigenvalue weighted by Crippen LogP contribution is 2.42. The van der Waals surface area contributed by atoms with E-state index < -0.39 is 0 Å². The van der Waals surface area contributed by atoms with Crippen LogP contribution in [0.25, 0.3) is 22.3 Å². The second kappa shape index (κ2) is 8.39. The van der Waals surface area contributed by atoms with Crippen LogP contribution in [0.2, 0.25) is 0 Å². The Morgan fingerprint density at radius 1 is 1.29 bits per heavy atom. The van der Waals surface area contributed by atoms with E-state index in [2.05, 4.69) is 38.8 Å². The number of rotatable bonds is 9. The molecule has 0 bridgehead atoms. The lowest BCUT2D eigenvalue weighted by Crippen LogP contribution is -2.33. The molecule has 1 amide bonds. The fourth-order valence-corrected chi connectivity index (χ4v) is 4.41. The molecule has 0 unspecified atom stereocenters. The monoisotopic (exact) mass is 397 g/mol. The van der Waals surface area contributed by atoms with Gasteiger partial charge in [-0.25, -0.2) is 0 Å². The van der Waals surface area contributed by atoms with E-state index in [-0.39, 0.29) is 5.91 Å². The number of carbonyl (C=O) groups is 1. The van der Waals surface area contributed by atoms with E-state index in [9.17, 15) is 4.79 Å². The molecule has 2 aromatic heterocycles. The van der Waals surface area contributed by atoms with Gasteiger partial charge < -0.3 is 9.88 Å². The van der Waals surface area contributed by atoms with Crippen molar-refractivity contribution in [3.8, 4) is 11.4 Å². The Labute approximate surface area is 169 Å². The first-order valence-corrected chi connectivity index (χ1v) is 11.1. The van der Waals surface area contributed by atoms with Crippen LogP contribution in [0.1, 0.15) is 45.6 Å². The van der Waals surface area contributed by atoms with Gasteiger partial charge in [0.25, 0.3) is 0 Å². The third-order valence-electron chi connectivity index (χ3n) is 5.25. The Hall–Kier alpha value is -2.28. The number of nitrogens with one attached hydrogen (secondary N) is 1. The molecule has 0 aliphatic heterocycles. The highest BCUT2D eigenvalue weighted by molar-refractivity contribution is 7.99. The molecule has 28 heavy (non-hydrogen) atoms. The first-order valence-electron chi connectivity index (χ1n) is 10.1. The van der Waals surface area contributed by atoms with Crippen LogP contribution in [0.5, 0.6) is 0 Å². The van der Waals surface area contributed by atoms with Crippen LogP contribution in [-0.4, -0.2) is 49.4 Å². The molecule has 1 saturated carbocycles. The Morgan fingerprint density at radius 2 is 2.11 bits per heavy atom. The number of para-hydroxylation sites is 1. The van der Waals surface area contributed by atoms with Gasteiger partial charge in [0.15, 0.2) is 11.0 Å². The molecule has 0 atom stereocenters. The zero-order valence-electron chi connectivity index (χ0n) is 16.5. The van der Waals surface area contributed by atoms with Crippen LogP contribution in [0.4, 0.5) is 0 Å². The zero-order valence-corrected chi connectivity index (χ0v) is 17.3. The van der Waals surface area contributed by atoms with Crippen molar-refractivity contribution in [2.24, 2.45) is 0 Å². The molecule has 148 valence electrons. The number of unbranched alkanes of at least 4 members (excludes halogenated alkanes) is 1. The Bertz CT molecular complexity index is 959. The lowest BCUT2D eigenvalue weighted by molar-refractivity contribution is -0.128. The van der Waals surface area contributed by atoms with Crippen LogP contribution < -0.4 is 0 Å². The molecule has 1 aromatic carbocycles. The van der Waals surface area contributed by atoms with Crippen molar-refractivity contribution in [2.75, 3.05) is 18.8 Å². The molecule has 0 saturated heterocycles. The molecule has 7 heteroatoms. The Morgan fingerprint density at radius 3 is 2.86 bits per heavy atom. The van der Waals surface area contributed by atoms with Crippen molar-refractivity contribution < 1.29 is 4.79 Å². The highest BCUT2D eigenvalue weighted by Gasteiger charge is 2.31.